The molecule has 1 aliphatic rings. The van der Waals surface area contributed by atoms with Crippen molar-refractivity contribution in [1.82, 2.24) is 0 Å². The lowest BCUT2D eigenvalue weighted by atomic mass is 10.4. The van der Waals surface area contributed by atoms with Gasteiger partial charge in [0, 0.05) is 0 Å². The van der Waals surface area contributed by atoms with E-state index in [1.807, 2.05) is 0 Å². The summed E-state index contributed by atoms with van der Waals surface area (Å²) in [6, 6.07) is 0. The van der Waals surface area contributed by atoms with E-state index < -0.39 is 0 Å². The lowest BCUT2D eigenvalue weighted by molar-refractivity contribution is 0.200. The van der Waals surface area contributed by atoms with Crippen LogP contribution in [0.25, 0.3) is 0 Å². The molecule has 0 amide bonds. The Hall–Kier alpha value is -0.410. The number of nitrogens with zero attached hydrogens (tertiary/aromatic N) is 1. The van der Waals surface area contributed by atoms with Crippen LogP contribution in [0.15, 0.2) is 4.99 Å². The maximum Gasteiger partial charge on any atom is 0.138 e. The minimum Gasteiger partial charge on any atom is -0.390 e. The Morgan fingerprint density at radius 2 is 2.71 bits per heavy atom. The highest BCUT2D eigenvalue weighted by Gasteiger charge is 2.01. The molecule has 0 bridgehead atoms. The zero-order chi connectivity index (χ0) is 5.11. The molecule has 7 heavy (non-hydrogen) atoms. The summed E-state index contributed by atoms with van der Waals surface area (Å²) in [4.78, 5) is 3.80. The predicted molar refractivity (Wildman–Crippen MR) is 25.3 cm³/mol. The fraction of sp³-hybridized carbons (Fsp3) is 0.750. The van der Waals surface area contributed by atoms with Crippen molar-refractivity contribution < 1.29 is 9.84 Å². The monoisotopic (exact) mass is 101 g/mol. The molecule has 0 aromatic rings. The van der Waals surface area contributed by atoms with Gasteiger partial charge in [-0.05, 0) is 0 Å². The number of rotatable bonds is 1. The van der Waals surface area contributed by atoms with Gasteiger partial charge in [-0.15, -0.1) is 0 Å². The molecule has 3 heteroatoms. The van der Waals surface area contributed by atoms with Crippen molar-refractivity contribution in [2.24, 2.45) is 4.99 Å². The fourth-order valence-electron chi connectivity index (χ4n) is 0.442. The molecule has 1 N–H and O–H groups in total. The molecule has 0 atom stereocenters. The van der Waals surface area contributed by atoms with Crippen molar-refractivity contribution in [3.05, 3.63) is 0 Å². The van der Waals surface area contributed by atoms with Crippen LogP contribution < -0.4 is 0 Å². The minimum atomic E-state index is 0.0417. The van der Waals surface area contributed by atoms with E-state index >= 15 is 0 Å². The number of hydrogen-bond acceptors (Lipinski definition) is 3. The van der Waals surface area contributed by atoms with E-state index in [2.05, 4.69) is 4.99 Å². The zero-order valence-corrected chi connectivity index (χ0v) is 3.92. The van der Waals surface area contributed by atoms with Gasteiger partial charge < -0.3 is 9.84 Å². The highest BCUT2D eigenvalue weighted by Crippen LogP contribution is 1.90. The third kappa shape index (κ3) is 0.976. The van der Waals surface area contributed by atoms with Crippen molar-refractivity contribution in [2.45, 2.75) is 0 Å². The first kappa shape index (κ1) is 4.74. The van der Waals surface area contributed by atoms with Crippen LogP contribution in [-0.2, 0) is 4.74 Å². The standard InChI is InChI=1S/C4H7NO2/c6-1-4-2-7-3-5-4/h6H,1-3H2. The van der Waals surface area contributed by atoms with Crippen LogP contribution in [0.1, 0.15) is 0 Å². The fourth-order valence-corrected chi connectivity index (χ4v) is 0.442. The zero-order valence-electron chi connectivity index (χ0n) is 3.92. The first-order valence-electron chi connectivity index (χ1n) is 2.14. The quantitative estimate of drug-likeness (QED) is 0.479. The van der Waals surface area contributed by atoms with E-state index in [1.54, 1.807) is 0 Å². The Bertz CT molecular complexity index is 89.7. The highest BCUT2D eigenvalue weighted by molar-refractivity contribution is 5.87. The van der Waals surface area contributed by atoms with Gasteiger partial charge in [0.1, 0.15) is 6.73 Å². The third-order valence-corrected chi connectivity index (χ3v) is 0.831. The van der Waals surface area contributed by atoms with Gasteiger partial charge in [-0.3, -0.25) is 4.99 Å². The summed E-state index contributed by atoms with van der Waals surface area (Å²) in [5.41, 5.74) is 0.750. The molecule has 1 heterocycles. The molecule has 0 radical (unpaired) electrons. The second-order valence-corrected chi connectivity index (χ2v) is 1.36. The minimum absolute atomic E-state index is 0.0417. The summed E-state index contributed by atoms with van der Waals surface area (Å²) in [5.74, 6) is 0. The lowest BCUT2D eigenvalue weighted by Crippen LogP contribution is -2.04. The Labute approximate surface area is 41.6 Å². The van der Waals surface area contributed by atoms with Crippen molar-refractivity contribution in [3.8, 4) is 0 Å². The summed E-state index contributed by atoms with van der Waals surface area (Å²) in [6.45, 7) is 0.979. The van der Waals surface area contributed by atoms with Crippen molar-refractivity contribution in [2.75, 3.05) is 19.9 Å². The Morgan fingerprint density at radius 3 is 3.00 bits per heavy atom. The van der Waals surface area contributed by atoms with Gasteiger partial charge >= 0.3 is 0 Å². The maximum absolute atomic E-state index is 8.36. The highest BCUT2D eigenvalue weighted by atomic mass is 16.5. The van der Waals surface area contributed by atoms with Crippen LogP contribution in [0.4, 0.5) is 0 Å². The first-order chi connectivity index (χ1) is 3.43. The summed E-state index contributed by atoms with van der Waals surface area (Å²) >= 11 is 0. The third-order valence-electron chi connectivity index (χ3n) is 0.831. The average molecular weight is 101 g/mol. The molecule has 0 aromatic heterocycles. The summed E-state index contributed by atoms with van der Waals surface area (Å²) < 4.78 is 4.78. The van der Waals surface area contributed by atoms with E-state index in [1.165, 1.54) is 0 Å². The van der Waals surface area contributed by atoms with Gasteiger partial charge in [0.15, 0.2) is 0 Å². The first-order valence-corrected chi connectivity index (χ1v) is 2.14. The van der Waals surface area contributed by atoms with Crippen LogP contribution in [0, 0.1) is 0 Å². The van der Waals surface area contributed by atoms with Crippen LogP contribution >= 0.6 is 0 Å². The number of aliphatic hydroxyl groups is 1. The van der Waals surface area contributed by atoms with Crippen LogP contribution in [0.5, 0.6) is 0 Å². The molecule has 1 rings (SSSR count). The molecule has 0 spiro atoms. The largest absolute Gasteiger partial charge is 0.390 e. The summed E-state index contributed by atoms with van der Waals surface area (Å²) in [5, 5.41) is 8.36. The van der Waals surface area contributed by atoms with Gasteiger partial charge in [-0.1, -0.05) is 0 Å². The second kappa shape index (κ2) is 2.04. The van der Waals surface area contributed by atoms with Gasteiger partial charge in [0.2, 0.25) is 0 Å². The van der Waals surface area contributed by atoms with E-state index in [9.17, 15) is 0 Å². The Kier molecular flexibility index (Phi) is 1.38. The molecule has 0 fully saturated rings. The Balaban J connectivity index is 2.36. The number of ether oxygens (including phenoxy) is 1. The lowest BCUT2D eigenvalue weighted by Gasteiger charge is -1.85. The predicted octanol–water partition coefficient (Wildman–Crippen LogP) is -0.593. The molecule has 1 aliphatic heterocycles. The van der Waals surface area contributed by atoms with E-state index in [4.69, 9.17) is 9.84 Å². The molecule has 0 saturated heterocycles. The van der Waals surface area contributed by atoms with Gasteiger partial charge in [0.25, 0.3) is 0 Å². The molecule has 0 saturated carbocycles. The molecule has 3 nitrogen and oxygen atoms in total. The maximum atomic E-state index is 8.36. The topological polar surface area (TPSA) is 41.8 Å². The normalized spacial score (nSPS) is 19.9. The average Bonchev–Trinajstić information content (AvgIpc) is 2.14. The number of hydrogen-bond donors (Lipinski definition) is 1. The molecule has 0 unspecified atom stereocenters. The molecular weight excluding hydrogens is 94.0 g/mol. The number of aliphatic hydroxyl groups excluding tert-OH is 1. The molecule has 0 aliphatic carbocycles. The SMILES string of the molecule is OCC1=NCOC1. The smallest absolute Gasteiger partial charge is 0.138 e. The van der Waals surface area contributed by atoms with Gasteiger partial charge in [-0.25, -0.2) is 0 Å². The van der Waals surface area contributed by atoms with Gasteiger partial charge in [0.05, 0.1) is 18.9 Å². The van der Waals surface area contributed by atoms with E-state index in [-0.39, 0.29) is 6.61 Å². The Morgan fingerprint density at radius 1 is 1.86 bits per heavy atom. The van der Waals surface area contributed by atoms with Crippen LogP contribution in [-0.4, -0.2) is 30.8 Å². The second-order valence-electron chi connectivity index (χ2n) is 1.36. The van der Waals surface area contributed by atoms with E-state index in [0.717, 1.165) is 5.71 Å². The van der Waals surface area contributed by atoms with Gasteiger partial charge in [-0.2, -0.15) is 0 Å². The number of aliphatic imine (C=N–C) groups is 1. The summed E-state index contributed by atoms with van der Waals surface area (Å²) in [7, 11) is 0. The van der Waals surface area contributed by atoms with Crippen molar-refractivity contribution >= 4 is 5.71 Å². The molecule has 40 valence electrons. The summed E-state index contributed by atoms with van der Waals surface area (Å²) in [6.07, 6.45) is 0. The van der Waals surface area contributed by atoms with Crippen LogP contribution in [0.2, 0.25) is 0 Å². The molecular formula is C4H7NO2. The van der Waals surface area contributed by atoms with Crippen molar-refractivity contribution in [3.63, 3.8) is 0 Å². The van der Waals surface area contributed by atoms with Crippen LogP contribution in [0.3, 0.4) is 0 Å². The molecule has 0 aromatic carbocycles. The van der Waals surface area contributed by atoms with Crippen molar-refractivity contribution in [1.29, 1.82) is 0 Å². The van der Waals surface area contributed by atoms with E-state index in [0.29, 0.717) is 13.3 Å².